The van der Waals surface area contributed by atoms with Crippen molar-refractivity contribution in [1.82, 2.24) is 14.9 Å². The summed E-state index contributed by atoms with van der Waals surface area (Å²) in [5.74, 6) is -0.735. The maximum Gasteiger partial charge on any atom is 0.326 e. The van der Waals surface area contributed by atoms with Crippen molar-refractivity contribution in [2.75, 3.05) is 43.4 Å². The van der Waals surface area contributed by atoms with Crippen LogP contribution in [0.5, 0.6) is 5.75 Å². The van der Waals surface area contributed by atoms with Crippen LogP contribution in [0.15, 0.2) is 54.7 Å². The SMILES string of the molecule is O=C(O)C(CCN(CCCCc1ccc2c(n1)NCCC2)CCOc1cc(F)cc(F)c1)Nc1ccccn1. The second-order valence-electron chi connectivity index (χ2n) is 9.63. The Balaban J connectivity index is 1.30. The second-order valence-corrected chi connectivity index (χ2v) is 9.63. The van der Waals surface area contributed by atoms with Gasteiger partial charge in [0.15, 0.2) is 0 Å². The fourth-order valence-corrected chi connectivity index (χ4v) is 4.59. The minimum Gasteiger partial charge on any atom is -0.492 e. The highest BCUT2D eigenvalue weighted by Gasteiger charge is 2.19. The number of benzene rings is 1. The van der Waals surface area contributed by atoms with Crippen LogP contribution in [0.4, 0.5) is 20.4 Å². The smallest absolute Gasteiger partial charge is 0.326 e. The lowest BCUT2D eigenvalue weighted by Gasteiger charge is -2.24. The third-order valence-electron chi connectivity index (χ3n) is 6.64. The zero-order chi connectivity index (χ0) is 27.5. The molecule has 39 heavy (non-hydrogen) atoms. The number of aromatic nitrogens is 2. The number of hydrogen-bond donors (Lipinski definition) is 3. The van der Waals surface area contributed by atoms with Crippen LogP contribution in [0.25, 0.3) is 0 Å². The summed E-state index contributed by atoms with van der Waals surface area (Å²) < 4.78 is 32.6. The van der Waals surface area contributed by atoms with Crippen molar-refractivity contribution in [2.24, 2.45) is 0 Å². The lowest BCUT2D eigenvalue weighted by molar-refractivity contribution is -0.138. The lowest BCUT2D eigenvalue weighted by atomic mass is 10.1. The van der Waals surface area contributed by atoms with E-state index in [1.807, 2.05) is 0 Å². The van der Waals surface area contributed by atoms with Crippen molar-refractivity contribution < 1.29 is 23.4 Å². The van der Waals surface area contributed by atoms with E-state index in [0.29, 0.717) is 25.3 Å². The van der Waals surface area contributed by atoms with E-state index in [9.17, 15) is 18.7 Å². The van der Waals surface area contributed by atoms with Crippen LogP contribution >= 0.6 is 0 Å². The number of nitrogens with one attached hydrogen (secondary N) is 2. The lowest BCUT2D eigenvalue weighted by Crippen LogP contribution is -2.37. The molecule has 3 N–H and O–H groups in total. The first-order valence-electron chi connectivity index (χ1n) is 13.4. The van der Waals surface area contributed by atoms with Gasteiger partial charge in [0.2, 0.25) is 0 Å². The first-order valence-corrected chi connectivity index (χ1v) is 13.4. The van der Waals surface area contributed by atoms with E-state index in [2.05, 4.69) is 32.7 Å². The molecule has 0 fully saturated rings. The fraction of sp³-hybridized carbons (Fsp3) is 0.414. The van der Waals surface area contributed by atoms with Crippen molar-refractivity contribution in [1.29, 1.82) is 0 Å². The summed E-state index contributed by atoms with van der Waals surface area (Å²) in [4.78, 5) is 22.9. The summed E-state index contributed by atoms with van der Waals surface area (Å²) >= 11 is 0. The number of hydrogen-bond acceptors (Lipinski definition) is 7. The third kappa shape index (κ3) is 9.17. The molecule has 0 spiro atoms. The van der Waals surface area contributed by atoms with Crippen molar-refractivity contribution in [3.8, 4) is 5.75 Å². The normalized spacial score (nSPS) is 13.4. The largest absolute Gasteiger partial charge is 0.492 e. The fourth-order valence-electron chi connectivity index (χ4n) is 4.59. The van der Waals surface area contributed by atoms with Crippen LogP contribution in [0.2, 0.25) is 0 Å². The molecule has 1 aliphatic heterocycles. The zero-order valence-corrected chi connectivity index (χ0v) is 21.9. The highest BCUT2D eigenvalue weighted by atomic mass is 19.1. The Labute approximate surface area is 227 Å². The number of carboxylic acid groups (broad SMARTS) is 1. The van der Waals surface area contributed by atoms with E-state index < -0.39 is 23.6 Å². The number of carboxylic acids is 1. The van der Waals surface area contributed by atoms with Crippen molar-refractivity contribution in [3.05, 3.63) is 77.6 Å². The van der Waals surface area contributed by atoms with Crippen LogP contribution in [-0.2, 0) is 17.6 Å². The first kappa shape index (κ1) is 28.2. The van der Waals surface area contributed by atoms with Crippen LogP contribution in [-0.4, -0.2) is 64.8 Å². The number of unbranched alkanes of at least 4 members (excludes halogenated alkanes) is 1. The van der Waals surface area contributed by atoms with Gasteiger partial charge in [-0.15, -0.1) is 0 Å². The first-order chi connectivity index (χ1) is 19.0. The standard InChI is InChI=1S/C29H35F2N5O3/c30-22-18-23(31)20-25(19-22)39-17-16-36(15-11-26(29(37)38)35-27-8-1-3-12-32-27)14-4-2-7-24-10-9-21-6-5-13-33-28(21)34-24/h1,3,8-10,12,18-20,26H,2,4-7,11,13-17H2,(H,32,35)(H,33,34)(H,37,38). The second kappa shape index (κ2) is 14.4. The molecule has 0 radical (unpaired) electrons. The molecule has 0 saturated carbocycles. The van der Waals surface area contributed by atoms with Crippen LogP contribution in [0.1, 0.15) is 36.9 Å². The van der Waals surface area contributed by atoms with Gasteiger partial charge in [-0.05, 0) is 68.8 Å². The molecule has 1 aliphatic rings. The summed E-state index contributed by atoms with van der Waals surface area (Å²) in [5, 5.41) is 16.1. The number of carbonyl (C=O) groups is 1. The molecule has 3 aromatic rings. The van der Waals surface area contributed by atoms with E-state index in [4.69, 9.17) is 9.72 Å². The zero-order valence-electron chi connectivity index (χ0n) is 21.9. The van der Waals surface area contributed by atoms with Gasteiger partial charge in [-0.25, -0.2) is 23.5 Å². The minimum absolute atomic E-state index is 0.125. The Morgan fingerprint density at radius 3 is 2.72 bits per heavy atom. The maximum atomic E-state index is 13.5. The number of aliphatic carboxylic acids is 1. The number of pyridine rings is 2. The number of aryl methyl sites for hydroxylation is 2. The predicted molar refractivity (Wildman–Crippen MR) is 146 cm³/mol. The van der Waals surface area contributed by atoms with Gasteiger partial charge in [0.1, 0.15) is 41.7 Å². The molecule has 1 aromatic carbocycles. The summed E-state index contributed by atoms with van der Waals surface area (Å²) in [6.07, 6.45) is 6.79. The average Bonchev–Trinajstić information content (AvgIpc) is 2.92. The molecule has 0 amide bonds. The molecule has 0 saturated heterocycles. The van der Waals surface area contributed by atoms with Crippen LogP contribution in [0.3, 0.4) is 0 Å². The van der Waals surface area contributed by atoms with Gasteiger partial charge in [0, 0.05) is 49.7 Å². The Morgan fingerprint density at radius 1 is 1.10 bits per heavy atom. The minimum atomic E-state index is -0.959. The number of halogens is 2. The van der Waals surface area contributed by atoms with Crippen LogP contribution in [0, 0.1) is 11.6 Å². The summed E-state index contributed by atoms with van der Waals surface area (Å²) in [7, 11) is 0. The number of anilines is 2. The van der Waals surface area contributed by atoms with Gasteiger partial charge in [-0.1, -0.05) is 12.1 Å². The Hall–Kier alpha value is -3.79. The third-order valence-corrected chi connectivity index (χ3v) is 6.64. The predicted octanol–water partition coefficient (Wildman–Crippen LogP) is 4.77. The molecule has 0 aliphatic carbocycles. The summed E-state index contributed by atoms with van der Waals surface area (Å²) in [6, 6.07) is 11.8. The Bertz CT molecular complexity index is 1190. The number of fused-ring (bicyclic) bond motifs is 1. The van der Waals surface area contributed by atoms with E-state index in [1.165, 1.54) is 5.56 Å². The molecule has 0 bridgehead atoms. The molecule has 8 nitrogen and oxygen atoms in total. The molecule has 4 rings (SSSR count). The molecule has 10 heteroatoms. The Morgan fingerprint density at radius 2 is 1.95 bits per heavy atom. The number of ether oxygens (including phenoxy) is 1. The van der Waals surface area contributed by atoms with E-state index >= 15 is 0 Å². The van der Waals surface area contributed by atoms with Crippen molar-refractivity contribution in [3.63, 3.8) is 0 Å². The summed E-state index contributed by atoms with van der Waals surface area (Å²) in [5.41, 5.74) is 2.32. The van der Waals surface area contributed by atoms with Gasteiger partial charge < -0.3 is 20.5 Å². The average molecular weight is 540 g/mol. The van der Waals surface area contributed by atoms with Gasteiger partial charge >= 0.3 is 5.97 Å². The molecule has 1 unspecified atom stereocenters. The van der Waals surface area contributed by atoms with E-state index in [1.54, 1.807) is 24.4 Å². The topological polar surface area (TPSA) is 99.6 Å². The van der Waals surface area contributed by atoms with Crippen molar-refractivity contribution >= 4 is 17.6 Å². The number of rotatable bonds is 15. The van der Waals surface area contributed by atoms with Gasteiger partial charge in [-0.2, -0.15) is 0 Å². The molecular weight excluding hydrogens is 504 g/mol. The quantitative estimate of drug-likeness (QED) is 0.238. The molecule has 2 aromatic heterocycles. The van der Waals surface area contributed by atoms with Crippen LogP contribution < -0.4 is 15.4 Å². The van der Waals surface area contributed by atoms with E-state index in [-0.39, 0.29) is 12.4 Å². The summed E-state index contributed by atoms with van der Waals surface area (Å²) in [6.45, 7) is 2.87. The molecule has 208 valence electrons. The Kier molecular flexibility index (Phi) is 10.4. The number of nitrogens with zero attached hydrogens (tertiary/aromatic N) is 3. The van der Waals surface area contributed by atoms with Gasteiger partial charge in [0.25, 0.3) is 0 Å². The molecular formula is C29H35F2N5O3. The van der Waals surface area contributed by atoms with Gasteiger partial charge in [-0.3, -0.25) is 4.90 Å². The van der Waals surface area contributed by atoms with Crippen molar-refractivity contribution in [2.45, 2.75) is 44.6 Å². The maximum absolute atomic E-state index is 13.5. The highest BCUT2D eigenvalue weighted by molar-refractivity contribution is 5.76. The highest BCUT2D eigenvalue weighted by Crippen LogP contribution is 2.20. The van der Waals surface area contributed by atoms with E-state index in [0.717, 1.165) is 74.9 Å². The molecule has 1 atom stereocenters. The molecule has 3 heterocycles. The van der Waals surface area contributed by atoms with Gasteiger partial charge in [0.05, 0.1) is 0 Å². The monoisotopic (exact) mass is 539 g/mol.